The van der Waals surface area contributed by atoms with E-state index in [0.29, 0.717) is 0 Å². The first-order chi connectivity index (χ1) is 7.01. The van der Waals surface area contributed by atoms with Gasteiger partial charge in [0.15, 0.2) is 0 Å². The molecule has 1 rings (SSSR count). The number of hydrogen-bond donors (Lipinski definition) is 2. The van der Waals surface area contributed by atoms with Gasteiger partial charge in [-0.05, 0) is 29.5 Å². The lowest BCUT2D eigenvalue weighted by atomic mass is 9.79. The molecule has 2 nitrogen and oxygen atoms in total. The highest BCUT2D eigenvalue weighted by Gasteiger charge is 2.28. The van der Waals surface area contributed by atoms with Crippen LogP contribution < -0.4 is 11.3 Å². The average Bonchev–Trinajstić information content (AvgIpc) is 2.18. The topological polar surface area (TPSA) is 38.0 Å². The van der Waals surface area contributed by atoms with Crippen molar-refractivity contribution in [2.45, 2.75) is 33.2 Å². The summed E-state index contributed by atoms with van der Waals surface area (Å²) in [5.74, 6) is 5.62. The molecule has 0 aromatic heterocycles. The zero-order valence-corrected chi connectivity index (χ0v) is 10.3. The minimum Gasteiger partial charge on any atom is -0.271 e. The van der Waals surface area contributed by atoms with Crippen molar-refractivity contribution in [3.63, 3.8) is 0 Å². The van der Waals surface area contributed by atoms with Gasteiger partial charge < -0.3 is 0 Å². The Hall–Kier alpha value is -0.570. The number of halogens is 1. The molecule has 0 aliphatic rings. The third kappa shape index (κ3) is 2.94. The minimum atomic E-state index is 0.111. The summed E-state index contributed by atoms with van der Waals surface area (Å²) in [7, 11) is 0. The van der Waals surface area contributed by atoms with E-state index < -0.39 is 0 Å². The second kappa shape index (κ2) is 4.97. The Morgan fingerprint density at radius 2 is 2.13 bits per heavy atom. The van der Waals surface area contributed by atoms with Gasteiger partial charge in [0.2, 0.25) is 0 Å². The molecule has 0 bridgehead atoms. The largest absolute Gasteiger partial charge is 0.271 e. The van der Waals surface area contributed by atoms with E-state index in [2.05, 4.69) is 26.2 Å². The monoisotopic (exact) mass is 226 g/mol. The Bertz CT molecular complexity index is 323. The first kappa shape index (κ1) is 12.5. The zero-order chi connectivity index (χ0) is 11.5. The molecule has 3 N–H and O–H groups in total. The molecule has 0 amide bonds. The van der Waals surface area contributed by atoms with Crippen LogP contribution in [0.5, 0.6) is 0 Å². The van der Waals surface area contributed by atoms with Crippen molar-refractivity contribution in [1.29, 1.82) is 0 Å². The number of nitrogens with one attached hydrogen (secondary N) is 1. The van der Waals surface area contributed by atoms with Gasteiger partial charge in [-0.15, -0.1) is 0 Å². The molecule has 0 aliphatic heterocycles. The van der Waals surface area contributed by atoms with E-state index in [1.807, 2.05) is 24.3 Å². The van der Waals surface area contributed by atoms with Gasteiger partial charge in [0.1, 0.15) is 0 Å². The quantitative estimate of drug-likeness (QED) is 0.611. The van der Waals surface area contributed by atoms with E-state index in [9.17, 15) is 0 Å². The summed E-state index contributed by atoms with van der Waals surface area (Å²) in [6.07, 6.45) is 1.05. The first-order valence-electron chi connectivity index (χ1n) is 5.23. The fourth-order valence-electron chi connectivity index (χ4n) is 1.66. The summed E-state index contributed by atoms with van der Waals surface area (Å²) >= 11 is 5.97. The van der Waals surface area contributed by atoms with Gasteiger partial charge in [-0.25, -0.2) is 0 Å². The number of rotatable bonds is 4. The second-order valence-corrected chi connectivity index (χ2v) is 4.93. The predicted octanol–water partition coefficient (Wildman–Crippen LogP) is 3.28. The van der Waals surface area contributed by atoms with Crippen molar-refractivity contribution in [2.24, 2.45) is 11.3 Å². The Balaban J connectivity index is 3.02. The summed E-state index contributed by atoms with van der Waals surface area (Å²) in [5, 5.41) is 0.750. The molecule has 3 heteroatoms. The molecular formula is C12H19ClN2. The normalized spacial score (nSPS) is 13.9. The summed E-state index contributed by atoms with van der Waals surface area (Å²) in [4.78, 5) is 0. The molecule has 1 aromatic rings. The van der Waals surface area contributed by atoms with E-state index in [0.717, 1.165) is 17.0 Å². The Kier molecular flexibility index (Phi) is 4.14. The van der Waals surface area contributed by atoms with Gasteiger partial charge >= 0.3 is 0 Å². The lowest BCUT2D eigenvalue weighted by Gasteiger charge is -2.33. The fraction of sp³-hybridized carbons (Fsp3) is 0.500. The maximum absolute atomic E-state index is 5.97. The van der Waals surface area contributed by atoms with Crippen LogP contribution >= 0.6 is 11.6 Å². The van der Waals surface area contributed by atoms with Crippen LogP contribution in [0, 0.1) is 5.41 Å². The number of benzene rings is 1. The highest BCUT2D eigenvalue weighted by molar-refractivity contribution is 6.30. The van der Waals surface area contributed by atoms with Crippen LogP contribution in [0.2, 0.25) is 5.02 Å². The maximum Gasteiger partial charge on any atom is 0.0511 e. The average molecular weight is 227 g/mol. The first-order valence-corrected chi connectivity index (χ1v) is 5.60. The number of hydrogen-bond acceptors (Lipinski definition) is 2. The molecule has 0 saturated heterocycles. The molecule has 0 spiro atoms. The van der Waals surface area contributed by atoms with Gasteiger partial charge in [-0.2, -0.15) is 0 Å². The van der Waals surface area contributed by atoms with Crippen LogP contribution in [-0.2, 0) is 0 Å². The van der Waals surface area contributed by atoms with E-state index in [-0.39, 0.29) is 11.5 Å². The van der Waals surface area contributed by atoms with E-state index >= 15 is 0 Å². The van der Waals surface area contributed by atoms with Crippen molar-refractivity contribution in [3.05, 3.63) is 34.9 Å². The molecule has 0 heterocycles. The number of hydrazine groups is 1. The molecule has 0 aliphatic carbocycles. The Morgan fingerprint density at radius 1 is 1.47 bits per heavy atom. The lowest BCUT2D eigenvalue weighted by molar-refractivity contribution is 0.236. The molecule has 15 heavy (non-hydrogen) atoms. The van der Waals surface area contributed by atoms with Crippen molar-refractivity contribution >= 4 is 11.6 Å². The van der Waals surface area contributed by atoms with Crippen molar-refractivity contribution in [2.75, 3.05) is 0 Å². The van der Waals surface area contributed by atoms with E-state index in [1.165, 1.54) is 0 Å². The molecule has 0 saturated carbocycles. The summed E-state index contributed by atoms with van der Waals surface area (Å²) in [6.45, 7) is 6.55. The maximum atomic E-state index is 5.97. The second-order valence-electron chi connectivity index (χ2n) is 4.50. The van der Waals surface area contributed by atoms with Gasteiger partial charge in [0.05, 0.1) is 6.04 Å². The van der Waals surface area contributed by atoms with Gasteiger partial charge in [0, 0.05) is 5.02 Å². The molecule has 84 valence electrons. The third-order valence-corrected chi connectivity index (χ3v) is 3.28. The number of nitrogens with two attached hydrogens (primary N) is 1. The van der Waals surface area contributed by atoms with Gasteiger partial charge in [0.25, 0.3) is 0 Å². The smallest absolute Gasteiger partial charge is 0.0511 e. The van der Waals surface area contributed by atoms with Gasteiger partial charge in [-0.1, -0.05) is 44.5 Å². The van der Waals surface area contributed by atoms with Crippen LogP contribution in [0.25, 0.3) is 0 Å². The molecule has 0 radical (unpaired) electrons. The van der Waals surface area contributed by atoms with Crippen LogP contribution in [-0.4, -0.2) is 0 Å². The lowest BCUT2D eigenvalue weighted by Crippen LogP contribution is -2.38. The molecule has 1 atom stereocenters. The predicted molar refractivity (Wildman–Crippen MR) is 65.6 cm³/mol. The van der Waals surface area contributed by atoms with Crippen LogP contribution in [0.15, 0.2) is 24.3 Å². The van der Waals surface area contributed by atoms with E-state index in [4.69, 9.17) is 17.4 Å². The van der Waals surface area contributed by atoms with Gasteiger partial charge in [-0.3, -0.25) is 11.3 Å². The summed E-state index contributed by atoms with van der Waals surface area (Å²) in [5.41, 5.74) is 4.12. The van der Waals surface area contributed by atoms with Crippen LogP contribution in [0.4, 0.5) is 0 Å². The SMILES string of the molecule is CCC(C)(C)C(NN)c1cccc(Cl)c1. The van der Waals surface area contributed by atoms with Crippen molar-refractivity contribution in [3.8, 4) is 0 Å². The fourth-order valence-corrected chi connectivity index (χ4v) is 1.86. The van der Waals surface area contributed by atoms with Crippen LogP contribution in [0.1, 0.15) is 38.8 Å². The summed E-state index contributed by atoms with van der Waals surface area (Å²) < 4.78 is 0. The van der Waals surface area contributed by atoms with Crippen LogP contribution in [0.3, 0.4) is 0 Å². The Labute approximate surface area is 96.8 Å². The Morgan fingerprint density at radius 3 is 2.60 bits per heavy atom. The highest BCUT2D eigenvalue weighted by Crippen LogP contribution is 2.36. The highest BCUT2D eigenvalue weighted by atomic mass is 35.5. The molecule has 1 aromatic carbocycles. The zero-order valence-electron chi connectivity index (χ0n) is 9.55. The van der Waals surface area contributed by atoms with Crippen molar-refractivity contribution < 1.29 is 0 Å². The molecular weight excluding hydrogens is 208 g/mol. The van der Waals surface area contributed by atoms with E-state index in [1.54, 1.807) is 0 Å². The minimum absolute atomic E-state index is 0.111. The molecule has 1 unspecified atom stereocenters. The molecule has 0 fully saturated rings. The standard InChI is InChI=1S/C12H19ClN2/c1-4-12(2,3)11(15-14)9-6-5-7-10(13)8-9/h5-8,11,15H,4,14H2,1-3H3. The summed E-state index contributed by atoms with van der Waals surface area (Å²) in [6, 6.07) is 7.96. The third-order valence-electron chi connectivity index (χ3n) is 3.04. The van der Waals surface area contributed by atoms with Crippen molar-refractivity contribution in [1.82, 2.24) is 5.43 Å².